The second kappa shape index (κ2) is 4.85. The maximum absolute atomic E-state index is 12.4. The van der Waals surface area contributed by atoms with Crippen LogP contribution in [0, 0.1) is 0 Å². The van der Waals surface area contributed by atoms with Crippen LogP contribution >= 0.6 is 23.2 Å². The van der Waals surface area contributed by atoms with Crippen molar-refractivity contribution in [1.29, 1.82) is 0 Å². The number of rotatable bonds is 1. The van der Waals surface area contributed by atoms with E-state index in [0.717, 1.165) is 0 Å². The van der Waals surface area contributed by atoms with Gasteiger partial charge in [0.1, 0.15) is 16.4 Å². The number of carbonyl (C=O) groups is 3. The van der Waals surface area contributed by atoms with Crippen molar-refractivity contribution in [2.24, 2.45) is 0 Å². The van der Waals surface area contributed by atoms with Crippen molar-refractivity contribution in [3.8, 4) is 0 Å². The first-order valence-electron chi connectivity index (χ1n) is 6.16. The topological polar surface area (TPSA) is 91.4 Å². The molecular formula is C12H10Cl2N4O3. The second-order valence-corrected chi connectivity index (χ2v) is 5.73. The number of pyridine rings is 1. The first-order valence-corrected chi connectivity index (χ1v) is 6.92. The Kier molecular flexibility index (Phi) is 3.26. The zero-order valence-electron chi connectivity index (χ0n) is 10.7. The van der Waals surface area contributed by atoms with Gasteiger partial charge in [0.05, 0.1) is 11.6 Å². The van der Waals surface area contributed by atoms with E-state index < -0.39 is 23.4 Å². The van der Waals surface area contributed by atoms with Crippen LogP contribution in [0.5, 0.6) is 0 Å². The van der Waals surface area contributed by atoms with Gasteiger partial charge in [-0.05, 0) is 18.6 Å². The van der Waals surface area contributed by atoms with E-state index in [1.807, 2.05) is 0 Å². The molecule has 3 heterocycles. The second-order valence-electron chi connectivity index (χ2n) is 4.93. The van der Waals surface area contributed by atoms with Gasteiger partial charge in [0.15, 0.2) is 0 Å². The highest BCUT2D eigenvalue weighted by Gasteiger charge is 2.51. The largest absolute Gasteiger partial charge is 0.334 e. The van der Waals surface area contributed by atoms with Gasteiger partial charge in [0.25, 0.3) is 11.8 Å². The summed E-state index contributed by atoms with van der Waals surface area (Å²) in [5.74, 6) is -0.846. The summed E-state index contributed by atoms with van der Waals surface area (Å²) in [4.78, 5) is 40.9. The third-order valence-electron chi connectivity index (χ3n) is 3.59. The maximum Gasteiger partial charge on any atom is 0.322 e. The Morgan fingerprint density at radius 1 is 1.33 bits per heavy atom. The lowest BCUT2D eigenvalue weighted by Gasteiger charge is -2.21. The van der Waals surface area contributed by atoms with Crippen LogP contribution in [0.15, 0.2) is 12.1 Å². The van der Waals surface area contributed by atoms with E-state index in [4.69, 9.17) is 23.2 Å². The minimum atomic E-state index is -1.06. The molecule has 0 saturated carbocycles. The predicted molar refractivity (Wildman–Crippen MR) is 74.2 cm³/mol. The van der Waals surface area contributed by atoms with Crippen LogP contribution in [-0.2, 0) is 4.79 Å². The van der Waals surface area contributed by atoms with Crippen LogP contribution in [-0.4, -0.2) is 46.4 Å². The van der Waals surface area contributed by atoms with E-state index >= 15 is 0 Å². The Balaban J connectivity index is 1.83. The zero-order valence-corrected chi connectivity index (χ0v) is 12.2. The number of halogens is 2. The molecule has 1 aromatic heterocycles. The average Bonchev–Trinajstić information content (AvgIpc) is 2.97. The summed E-state index contributed by atoms with van der Waals surface area (Å²) < 4.78 is 0. The molecule has 1 spiro atoms. The number of carbonyl (C=O) groups excluding carboxylic acids is 3. The summed E-state index contributed by atoms with van der Waals surface area (Å²) in [6.07, 6.45) is 0.342. The quantitative estimate of drug-likeness (QED) is 0.589. The Bertz CT molecular complexity index is 666. The third-order valence-corrected chi connectivity index (χ3v) is 4.10. The molecule has 2 aliphatic rings. The van der Waals surface area contributed by atoms with Crippen molar-refractivity contribution in [2.45, 2.75) is 12.0 Å². The van der Waals surface area contributed by atoms with Crippen molar-refractivity contribution in [3.05, 3.63) is 28.0 Å². The van der Waals surface area contributed by atoms with E-state index in [2.05, 4.69) is 15.6 Å². The van der Waals surface area contributed by atoms with Crippen molar-refractivity contribution in [3.63, 3.8) is 0 Å². The zero-order chi connectivity index (χ0) is 15.2. The SMILES string of the molecule is O=C1NC(=O)C2(CCN(C(=O)c3nc(Cl)ccc3Cl)C2)N1. The number of nitrogens with one attached hydrogen (secondary N) is 2. The molecule has 110 valence electrons. The standard InChI is InChI=1S/C12H10Cl2N4O3/c13-6-1-2-7(14)15-8(6)9(19)18-4-3-12(5-18)10(20)16-11(21)17-12/h1-2H,3-5H2,(H2,16,17,20,21). The van der Waals surface area contributed by atoms with Crippen LogP contribution in [0.3, 0.4) is 0 Å². The normalized spacial score (nSPS) is 24.4. The minimum Gasteiger partial charge on any atom is -0.334 e. The van der Waals surface area contributed by atoms with Crippen LogP contribution in [0.2, 0.25) is 10.2 Å². The van der Waals surface area contributed by atoms with Gasteiger partial charge in [0, 0.05) is 6.54 Å². The Hall–Kier alpha value is -1.86. The predicted octanol–water partition coefficient (Wildman–Crippen LogP) is 0.813. The van der Waals surface area contributed by atoms with Gasteiger partial charge in [-0.15, -0.1) is 0 Å². The molecule has 1 unspecified atom stereocenters. The van der Waals surface area contributed by atoms with E-state index in [1.54, 1.807) is 0 Å². The number of hydrogen-bond donors (Lipinski definition) is 2. The highest BCUT2D eigenvalue weighted by atomic mass is 35.5. The number of imide groups is 1. The summed E-state index contributed by atoms with van der Waals surface area (Å²) in [5, 5.41) is 5.09. The number of likely N-dealkylation sites (tertiary alicyclic amines) is 1. The Morgan fingerprint density at radius 3 is 2.76 bits per heavy atom. The van der Waals surface area contributed by atoms with Crippen molar-refractivity contribution in [2.75, 3.05) is 13.1 Å². The summed E-state index contributed by atoms with van der Waals surface area (Å²) in [7, 11) is 0. The lowest BCUT2D eigenvalue weighted by atomic mass is 9.99. The van der Waals surface area contributed by atoms with E-state index in [1.165, 1.54) is 17.0 Å². The summed E-state index contributed by atoms with van der Waals surface area (Å²) in [5.41, 5.74) is -1.02. The number of hydrogen-bond acceptors (Lipinski definition) is 4. The molecule has 21 heavy (non-hydrogen) atoms. The first-order chi connectivity index (χ1) is 9.91. The molecule has 4 amide bonds. The number of urea groups is 1. The molecule has 3 rings (SSSR count). The van der Waals surface area contributed by atoms with Crippen molar-refractivity contribution in [1.82, 2.24) is 20.5 Å². The third kappa shape index (κ3) is 2.32. The number of aromatic nitrogens is 1. The molecule has 0 aliphatic carbocycles. The molecule has 2 aliphatic heterocycles. The van der Waals surface area contributed by atoms with Crippen molar-refractivity contribution >= 4 is 41.0 Å². The Morgan fingerprint density at radius 2 is 2.10 bits per heavy atom. The van der Waals surface area contributed by atoms with Gasteiger partial charge < -0.3 is 10.2 Å². The minimum absolute atomic E-state index is 0.0333. The van der Waals surface area contributed by atoms with E-state index in [0.29, 0.717) is 13.0 Å². The number of nitrogens with zero attached hydrogens (tertiary/aromatic N) is 2. The lowest BCUT2D eigenvalue weighted by molar-refractivity contribution is -0.123. The molecule has 2 fully saturated rings. The van der Waals surface area contributed by atoms with E-state index in [-0.39, 0.29) is 22.4 Å². The number of amides is 4. The highest BCUT2D eigenvalue weighted by Crippen LogP contribution is 2.27. The summed E-state index contributed by atoms with van der Waals surface area (Å²) in [6, 6.07) is 2.42. The van der Waals surface area contributed by atoms with Gasteiger partial charge in [0.2, 0.25) is 0 Å². The van der Waals surface area contributed by atoms with Gasteiger partial charge in [-0.1, -0.05) is 23.2 Å². The maximum atomic E-state index is 12.4. The van der Waals surface area contributed by atoms with Gasteiger partial charge in [-0.2, -0.15) is 0 Å². The molecule has 2 saturated heterocycles. The van der Waals surface area contributed by atoms with Crippen LogP contribution < -0.4 is 10.6 Å². The fourth-order valence-corrected chi connectivity index (χ4v) is 2.85. The molecule has 7 nitrogen and oxygen atoms in total. The molecule has 9 heteroatoms. The van der Waals surface area contributed by atoms with Crippen LogP contribution in [0.1, 0.15) is 16.9 Å². The Labute approximate surface area is 129 Å². The lowest BCUT2D eigenvalue weighted by Crippen LogP contribution is -2.49. The first kappa shape index (κ1) is 14.1. The molecule has 1 aromatic rings. The van der Waals surface area contributed by atoms with Gasteiger partial charge in [-0.25, -0.2) is 9.78 Å². The summed E-state index contributed by atoms with van der Waals surface area (Å²) >= 11 is 11.7. The summed E-state index contributed by atoms with van der Waals surface area (Å²) in [6.45, 7) is 0.394. The highest BCUT2D eigenvalue weighted by molar-refractivity contribution is 6.34. The molecule has 2 N–H and O–H groups in total. The van der Waals surface area contributed by atoms with Crippen LogP contribution in [0.25, 0.3) is 0 Å². The van der Waals surface area contributed by atoms with Crippen molar-refractivity contribution < 1.29 is 14.4 Å². The van der Waals surface area contributed by atoms with Crippen LogP contribution in [0.4, 0.5) is 4.79 Å². The molecule has 0 bridgehead atoms. The monoisotopic (exact) mass is 328 g/mol. The molecular weight excluding hydrogens is 319 g/mol. The molecule has 1 atom stereocenters. The van der Waals surface area contributed by atoms with Gasteiger partial charge >= 0.3 is 6.03 Å². The fourth-order valence-electron chi connectivity index (χ4n) is 2.52. The van der Waals surface area contributed by atoms with Gasteiger partial charge in [-0.3, -0.25) is 14.9 Å². The smallest absolute Gasteiger partial charge is 0.322 e. The fraction of sp³-hybridized carbons (Fsp3) is 0.333. The average molecular weight is 329 g/mol. The molecule has 0 radical (unpaired) electrons. The van der Waals surface area contributed by atoms with E-state index in [9.17, 15) is 14.4 Å². The molecule has 0 aromatic carbocycles.